The van der Waals surface area contributed by atoms with Crippen molar-refractivity contribution < 1.29 is 38.2 Å². The van der Waals surface area contributed by atoms with Crippen molar-refractivity contribution in [1.29, 1.82) is 0 Å². The number of nitrogens with one attached hydrogen (secondary N) is 1. The number of rotatable bonds is 14. The number of benzene rings is 3. The molecule has 58 heavy (non-hydrogen) atoms. The number of carbonyl (C=O) groups excluding carboxylic acids is 5. The van der Waals surface area contributed by atoms with E-state index in [9.17, 15) is 24.0 Å². The Labute approximate surface area is 337 Å². The molecule has 0 radical (unpaired) electrons. The number of nitrogens with zero attached hydrogens (tertiary/aromatic N) is 6. The summed E-state index contributed by atoms with van der Waals surface area (Å²) < 4.78 is 19.2. The Balaban J connectivity index is 0.806. The average Bonchev–Trinajstić information content (AvgIpc) is 3.75. The van der Waals surface area contributed by atoms with E-state index in [1.165, 1.54) is 18.1 Å². The summed E-state index contributed by atoms with van der Waals surface area (Å²) in [6.45, 7) is 1.73. The van der Waals surface area contributed by atoms with E-state index >= 15 is 0 Å². The number of amides is 5. The van der Waals surface area contributed by atoms with Crippen LogP contribution in [0.5, 0.6) is 11.5 Å². The van der Waals surface area contributed by atoms with Crippen LogP contribution in [0.2, 0.25) is 0 Å². The molecular formula is C41H40N8O8S. The molecule has 0 aliphatic carbocycles. The van der Waals surface area contributed by atoms with Gasteiger partial charge in [0.2, 0.25) is 17.7 Å². The van der Waals surface area contributed by atoms with Crippen LogP contribution in [-0.2, 0) is 23.9 Å². The van der Waals surface area contributed by atoms with Gasteiger partial charge in [-0.15, -0.1) is 11.8 Å². The van der Waals surface area contributed by atoms with Crippen LogP contribution >= 0.6 is 11.8 Å². The van der Waals surface area contributed by atoms with Crippen LogP contribution in [0.1, 0.15) is 52.4 Å². The van der Waals surface area contributed by atoms with Crippen molar-refractivity contribution in [3.05, 3.63) is 90.3 Å². The highest BCUT2D eigenvalue weighted by Crippen LogP contribution is 2.36. The van der Waals surface area contributed by atoms with Crippen molar-refractivity contribution in [2.45, 2.75) is 42.7 Å². The fourth-order valence-electron chi connectivity index (χ4n) is 7.42. The third kappa shape index (κ3) is 8.00. The number of hydrogen-bond donors (Lipinski definition) is 2. The Bertz CT molecular complexity index is 2370. The van der Waals surface area contributed by atoms with Gasteiger partial charge in [0.25, 0.3) is 11.8 Å². The highest BCUT2D eigenvalue weighted by Gasteiger charge is 2.45. The number of piperidine rings is 2. The third-order valence-electron chi connectivity index (χ3n) is 10.2. The minimum Gasteiger partial charge on any atom is -0.457 e. The van der Waals surface area contributed by atoms with E-state index in [1.807, 2.05) is 59.3 Å². The summed E-state index contributed by atoms with van der Waals surface area (Å²) in [5.41, 5.74) is 8.94. The van der Waals surface area contributed by atoms with Gasteiger partial charge in [-0.25, -0.2) is 14.6 Å². The molecule has 5 heterocycles. The van der Waals surface area contributed by atoms with Crippen molar-refractivity contribution in [1.82, 2.24) is 34.9 Å². The summed E-state index contributed by atoms with van der Waals surface area (Å²) >= 11 is 1.36. The molecule has 2 saturated heterocycles. The molecule has 2 aromatic heterocycles. The van der Waals surface area contributed by atoms with E-state index in [2.05, 4.69) is 15.3 Å². The van der Waals surface area contributed by atoms with Crippen LogP contribution in [-0.4, -0.2) is 110 Å². The average molecular weight is 805 g/mol. The van der Waals surface area contributed by atoms with Crippen LogP contribution in [0.4, 0.5) is 5.82 Å². The van der Waals surface area contributed by atoms with Crippen LogP contribution in [0.3, 0.4) is 0 Å². The first-order valence-corrected chi connectivity index (χ1v) is 20.0. The number of para-hydroxylation sites is 1. The summed E-state index contributed by atoms with van der Waals surface area (Å²) in [6, 6.07) is 21.0. The standard InChI is InChI=1S/C41H40N8O8S/c42-37-35-36(25-11-13-28(14-12-25)57-27-7-2-1-3-8-27)46-49(38(35)44-24-43-37)26-6-5-17-47(22-26)33(51)23-56-19-18-55-20-21-58-31-10-4-9-29-34(31)41(54)48(40(29)53)30-15-16-32(50)45-39(30)52/h1-4,7-14,24,26,30H,5-6,15-23H2,(H2,42,43,44)(H,45,50,52)/t26-,30?/m1/s1. The SMILES string of the molecule is Nc1ncnc2c1c(-c1ccc(Oc3ccccc3)cc1)nn2[C@@H]1CCCN(C(=O)COCCOCCSc2cccc3c2C(=O)N(C2CCC(=O)NC2=O)C3=O)C1. The van der Waals surface area contributed by atoms with Crippen LogP contribution < -0.4 is 15.8 Å². The van der Waals surface area contributed by atoms with Crippen molar-refractivity contribution >= 4 is 58.1 Å². The van der Waals surface area contributed by atoms with Crippen molar-refractivity contribution in [2.75, 3.05) is 51.0 Å². The van der Waals surface area contributed by atoms with Gasteiger partial charge in [-0.05, 0) is 67.8 Å². The smallest absolute Gasteiger partial charge is 0.263 e. The Morgan fingerprint density at radius 1 is 0.879 bits per heavy atom. The monoisotopic (exact) mass is 804 g/mol. The summed E-state index contributed by atoms with van der Waals surface area (Å²) in [5, 5.41) is 7.84. The molecule has 5 amide bonds. The molecule has 0 bridgehead atoms. The Hall–Kier alpha value is -6.17. The predicted octanol–water partition coefficient (Wildman–Crippen LogP) is 4.26. The first kappa shape index (κ1) is 38.7. The first-order chi connectivity index (χ1) is 28.3. The molecule has 3 aromatic carbocycles. The second-order valence-corrected chi connectivity index (χ2v) is 15.1. The van der Waals surface area contributed by atoms with Gasteiger partial charge in [-0.1, -0.05) is 24.3 Å². The summed E-state index contributed by atoms with van der Waals surface area (Å²) in [4.78, 5) is 75.8. The van der Waals surface area contributed by atoms with Gasteiger partial charge in [0.15, 0.2) is 5.65 Å². The molecule has 5 aromatic rings. The van der Waals surface area contributed by atoms with E-state index < -0.39 is 29.7 Å². The third-order valence-corrected chi connectivity index (χ3v) is 11.3. The molecular weight excluding hydrogens is 765 g/mol. The number of anilines is 1. The van der Waals surface area contributed by atoms with Crippen LogP contribution in [0.25, 0.3) is 22.3 Å². The van der Waals surface area contributed by atoms with Gasteiger partial charge >= 0.3 is 0 Å². The molecule has 17 heteroatoms. The lowest BCUT2D eigenvalue weighted by Crippen LogP contribution is -2.54. The molecule has 0 spiro atoms. The topological polar surface area (TPSA) is 201 Å². The maximum absolute atomic E-state index is 13.3. The highest BCUT2D eigenvalue weighted by atomic mass is 32.2. The molecule has 3 N–H and O–H groups in total. The van der Waals surface area contributed by atoms with Gasteiger partial charge in [0.05, 0.1) is 42.4 Å². The fourth-order valence-corrected chi connectivity index (χ4v) is 8.36. The molecule has 3 aliphatic heterocycles. The Morgan fingerprint density at radius 2 is 1.67 bits per heavy atom. The second-order valence-electron chi connectivity index (χ2n) is 14.0. The van der Waals surface area contributed by atoms with E-state index in [-0.39, 0.29) is 55.7 Å². The van der Waals surface area contributed by atoms with E-state index in [0.29, 0.717) is 58.6 Å². The number of carbonyl (C=O) groups is 5. The number of fused-ring (bicyclic) bond motifs is 2. The van der Waals surface area contributed by atoms with Gasteiger partial charge in [-0.2, -0.15) is 5.10 Å². The Kier molecular flexibility index (Phi) is 11.4. The van der Waals surface area contributed by atoms with Crippen molar-refractivity contribution in [3.8, 4) is 22.8 Å². The normalized spacial score (nSPS) is 18.1. The lowest BCUT2D eigenvalue weighted by molar-refractivity contribution is -0.138. The zero-order valence-electron chi connectivity index (χ0n) is 31.4. The first-order valence-electron chi connectivity index (χ1n) is 19.0. The minimum atomic E-state index is -1.02. The van der Waals surface area contributed by atoms with E-state index in [4.69, 9.17) is 25.0 Å². The molecule has 8 rings (SSSR count). The summed E-state index contributed by atoms with van der Waals surface area (Å²) in [5.74, 6) is -0.0706. The number of hydrogen-bond acceptors (Lipinski definition) is 13. The quantitative estimate of drug-likeness (QED) is 0.0918. The minimum absolute atomic E-state index is 0.0560. The number of ether oxygens (including phenoxy) is 3. The number of aromatic nitrogens is 4. The molecule has 2 atom stereocenters. The lowest BCUT2D eigenvalue weighted by atomic mass is 10.0. The van der Waals surface area contributed by atoms with Gasteiger partial charge in [0.1, 0.15) is 42.0 Å². The maximum Gasteiger partial charge on any atom is 0.263 e. The van der Waals surface area contributed by atoms with Gasteiger partial charge in [-0.3, -0.25) is 34.2 Å². The predicted molar refractivity (Wildman–Crippen MR) is 212 cm³/mol. The maximum atomic E-state index is 13.3. The second kappa shape index (κ2) is 17.1. The highest BCUT2D eigenvalue weighted by molar-refractivity contribution is 7.99. The molecule has 2 fully saturated rings. The molecule has 298 valence electrons. The van der Waals surface area contributed by atoms with Gasteiger partial charge in [0, 0.05) is 35.7 Å². The Morgan fingerprint density at radius 3 is 2.48 bits per heavy atom. The van der Waals surface area contributed by atoms with Crippen molar-refractivity contribution in [3.63, 3.8) is 0 Å². The largest absolute Gasteiger partial charge is 0.457 e. The van der Waals surface area contributed by atoms with Gasteiger partial charge < -0.3 is 24.8 Å². The van der Waals surface area contributed by atoms with E-state index in [0.717, 1.165) is 29.1 Å². The number of likely N-dealkylation sites (tertiary alicyclic amines) is 1. The summed E-state index contributed by atoms with van der Waals surface area (Å²) in [7, 11) is 0. The number of imide groups is 2. The number of thioether (sulfide) groups is 1. The van der Waals surface area contributed by atoms with Crippen molar-refractivity contribution in [2.24, 2.45) is 0 Å². The zero-order chi connectivity index (χ0) is 40.2. The fraction of sp³-hybridized carbons (Fsp3) is 0.317. The zero-order valence-corrected chi connectivity index (χ0v) is 32.2. The number of nitrogens with two attached hydrogens (primary N) is 1. The van der Waals surface area contributed by atoms with Crippen LogP contribution in [0.15, 0.2) is 84.0 Å². The lowest BCUT2D eigenvalue weighted by Gasteiger charge is -2.33. The number of nitrogen functional groups attached to an aromatic ring is 1. The molecule has 16 nitrogen and oxygen atoms in total. The molecule has 0 saturated carbocycles. The van der Waals surface area contributed by atoms with E-state index in [1.54, 1.807) is 23.1 Å². The van der Waals surface area contributed by atoms with Crippen LogP contribution in [0, 0.1) is 0 Å². The summed E-state index contributed by atoms with van der Waals surface area (Å²) in [6.07, 6.45) is 3.15. The molecule has 3 aliphatic rings. The molecule has 1 unspecified atom stereocenters.